The number of hydrogen-bond acceptors (Lipinski definition) is 2. The molecule has 0 aliphatic carbocycles. The molecule has 4 nitrogen and oxygen atoms in total. The summed E-state index contributed by atoms with van der Waals surface area (Å²) in [6.45, 7) is 4.60. The Hall–Kier alpha value is -1.81. The molecule has 2 aromatic rings. The van der Waals surface area contributed by atoms with E-state index in [0.717, 1.165) is 30.6 Å². The van der Waals surface area contributed by atoms with Crippen molar-refractivity contribution in [1.82, 2.24) is 14.7 Å². The second-order valence-corrected chi connectivity index (χ2v) is 6.49. The lowest BCUT2D eigenvalue weighted by molar-refractivity contribution is 0.0683. The van der Waals surface area contributed by atoms with E-state index < -0.39 is 0 Å². The van der Waals surface area contributed by atoms with Crippen molar-refractivity contribution in [3.05, 3.63) is 52.8 Å². The van der Waals surface area contributed by atoms with Crippen molar-refractivity contribution in [2.45, 2.75) is 26.3 Å². The first-order chi connectivity index (χ1) is 10.6. The van der Waals surface area contributed by atoms with Gasteiger partial charge in [0.1, 0.15) is 0 Å². The second kappa shape index (κ2) is 6.53. The Kier molecular flexibility index (Phi) is 4.48. The highest BCUT2D eigenvalue weighted by atomic mass is 35.5. The number of aromatic nitrogens is 2. The molecule has 0 spiro atoms. The minimum atomic E-state index is 0.139. The summed E-state index contributed by atoms with van der Waals surface area (Å²) in [6, 6.07) is 7.77. The van der Waals surface area contributed by atoms with Crippen molar-refractivity contribution in [3.8, 4) is 0 Å². The van der Waals surface area contributed by atoms with Gasteiger partial charge >= 0.3 is 0 Å². The molecule has 1 fully saturated rings. The molecule has 22 heavy (non-hydrogen) atoms. The molecule has 116 valence electrons. The van der Waals surface area contributed by atoms with Crippen molar-refractivity contribution in [3.63, 3.8) is 0 Å². The lowest BCUT2D eigenvalue weighted by atomic mass is 9.99. The van der Waals surface area contributed by atoms with Gasteiger partial charge in [-0.05, 0) is 36.5 Å². The molecule has 1 aliphatic rings. The molecule has 3 rings (SSSR count). The predicted molar refractivity (Wildman–Crippen MR) is 87.1 cm³/mol. The highest BCUT2D eigenvalue weighted by molar-refractivity contribution is 6.30. The Morgan fingerprint density at radius 3 is 2.77 bits per heavy atom. The van der Waals surface area contributed by atoms with E-state index in [0.29, 0.717) is 17.5 Å². The van der Waals surface area contributed by atoms with E-state index in [1.54, 1.807) is 17.1 Å². The molecule has 1 aliphatic heterocycles. The molecule has 5 heteroatoms. The van der Waals surface area contributed by atoms with Crippen LogP contribution in [-0.4, -0.2) is 33.7 Å². The van der Waals surface area contributed by atoms with Crippen molar-refractivity contribution in [2.24, 2.45) is 5.92 Å². The van der Waals surface area contributed by atoms with E-state index in [4.69, 9.17) is 11.6 Å². The molecule has 0 saturated carbocycles. The second-order valence-electron chi connectivity index (χ2n) is 6.05. The zero-order valence-electron chi connectivity index (χ0n) is 12.7. The van der Waals surface area contributed by atoms with Crippen LogP contribution in [0.25, 0.3) is 0 Å². The first-order valence-corrected chi connectivity index (χ1v) is 8.06. The van der Waals surface area contributed by atoms with Gasteiger partial charge in [0, 0.05) is 24.8 Å². The molecule has 1 amide bonds. The lowest BCUT2D eigenvalue weighted by Gasteiger charge is -2.31. The third-order valence-electron chi connectivity index (χ3n) is 4.09. The highest BCUT2D eigenvalue weighted by Crippen LogP contribution is 2.18. The van der Waals surface area contributed by atoms with Crippen LogP contribution in [0.15, 0.2) is 36.7 Å². The van der Waals surface area contributed by atoms with Crippen LogP contribution < -0.4 is 0 Å². The molecule has 1 unspecified atom stereocenters. The van der Waals surface area contributed by atoms with Crippen LogP contribution in [0, 0.1) is 5.92 Å². The number of nitrogens with zero attached hydrogens (tertiary/aromatic N) is 3. The van der Waals surface area contributed by atoms with Gasteiger partial charge < -0.3 is 4.90 Å². The predicted octanol–water partition coefficient (Wildman–Crippen LogP) is 3.46. The van der Waals surface area contributed by atoms with Gasteiger partial charge in [-0.15, -0.1) is 0 Å². The van der Waals surface area contributed by atoms with Crippen LogP contribution in [0.1, 0.15) is 35.7 Å². The number of halogens is 1. The Morgan fingerprint density at radius 1 is 1.36 bits per heavy atom. The number of likely N-dealkylation sites (tertiary alicyclic amines) is 1. The number of hydrogen-bond donors (Lipinski definition) is 0. The van der Waals surface area contributed by atoms with E-state index in [9.17, 15) is 4.79 Å². The average molecular weight is 318 g/mol. The molecule has 1 aromatic carbocycles. The van der Waals surface area contributed by atoms with Gasteiger partial charge in [0.2, 0.25) is 0 Å². The summed E-state index contributed by atoms with van der Waals surface area (Å²) in [5.41, 5.74) is 1.86. The summed E-state index contributed by atoms with van der Waals surface area (Å²) in [4.78, 5) is 14.5. The fourth-order valence-corrected chi connectivity index (χ4v) is 3.08. The standard InChI is InChI=1S/C17H20ClN3O/c1-13-3-2-8-20(10-13)17(22)15-6-4-14(5-7-15)11-21-12-16(18)9-19-21/h4-7,9,12-13H,2-3,8,10-11H2,1H3. The van der Waals surface area contributed by atoms with Gasteiger partial charge in [0.05, 0.1) is 17.8 Å². The van der Waals surface area contributed by atoms with Crippen LogP contribution in [-0.2, 0) is 6.54 Å². The third kappa shape index (κ3) is 3.50. The van der Waals surface area contributed by atoms with Crippen LogP contribution in [0.5, 0.6) is 0 Å². The third-order valence-corrected chi connectivity index (χ3v) is 4.29. The molecule has 2 heterocycles. The van der Waals surface area contributed by atoms with Crippen LogP contribution in [0.3, 0.4) is 0 Å². The largest absolute Gasteiger partial charge is 0.338 e. The minimum absolute atomic E-state index is 0.139. The van der Waals surface area contributed by atoms with E-state index in [2.05, 4.69) is 12.0 Å². The topological polar surface area (TPSA) is 38.1 Å². The molecule has 1 saturated heterocycles. The number of benzene rings is 1. The molecule has 0 bridgehead atoms. The maximum atomic E-state index is 12.5. The zero-order valence-corrected chi connectivity index (χ0v) is 13.5. The number of amides is 1. The minimum Gasteiger partial charge on any atom is -0.338 e. The van der Waals surface area contributed by atoms with Crippen molar-refractivity contribution in [2.75, 3.05) is 13.1 Å². The maximum absolute atomic E-state index is 12.5. The van der Waals surface area contributed by atoms with Gasteiger partial charge in [-0.1, -0.05) is 30.7 Å². The smallest absolute Gasteiger partial charge is 0.253 e. The lowest BCUT2D eigenvalue weighted by Crippen LogP contribution is -2.39. The van der Waals surface area contributed by atoms with Gasteiger partial charge in [0.15, 0.2) is 0 Å². The fourth-order valence-electron chi connectivity index (χ4n) is 2.92. The van der Waals surface area contributed by atoms with Crippen molar-refractivity contribution < 1.29 is 4.79 Å². The van der Waals surface area contributed by atoms with Gasteiger partial charge in [0.25, 0.3) is 5.91 Å². The summed E-state index contributed by atoms with van der Waals surface area (Å²) in [6.07, 6.45) is 5.73. The summed E-state index contributed by atoms with van der Waals surface area (Å²) >= 11 is 5.86. The van der Waals surface area contributed by atoms with Gasteiger partial charge in [-0.3, -0.25) is 9.48 Å². The van der Waals surface area contributed by atoms with Crippen LogP contribution in [0.4, 0.5) is 0 Å². The zero-order chi connectivity index (χ0) is 15.5. The van der Waals surface area contributed by atoms with Gasteiger partial charge in [-0.25, -0.2) is 0 Å². The van der Waals surface area contributed by atoms with Crippen molar-refractivity contribution >= 4 is 17.5 Å². The van der Waals surface area contributed by atoms with Crippen LogP contribution >= 0.6 is 11.6 Å². The summed E-state index contributed by atoms with van der Waals surface area (Å²) in [5, 5.41) is 4.79. The van der Waals surface area contributed by atoms with E-state index in [-0.39, 0.29) is 5.91 Å². The average Bonchev–Trinajstić information content (AvgIpc) is 2.92. The quantitative estimate of drug-likeness (QED) is 0.869. The van der Waals surface area contributed by atoms with Crippen molar-refractivity contribution in [1.29, 1.82) is 0 Å². The normalized spacial score (nSPS) is 18.5. The Balaban J connectivity index is 1.67. The summed E-state index contributed by atoms with van der Waals surface area (Å²) in [7, 11) is 0. The molecular weight excluding hydrogens is 298 g/mol. The summed E-state index contributed by atoms with van der Waals surface area (Å²) < 4.78 is 1.78. The van der Waals surface area contributed by atoms with Crippen LogP contribution in [0.2, 0.25) is 5.02 Å². The van der Waals surface area contributed by atoms with E-state index in [1.165, 1.54) is 6.42 Å². The number of piperidine rings is 1. The molecule has 1 atom stereocenters. The number of rotatable bonds is 3. The molecular formula is C17H20ClN3O. The Bertz CT molecular complexity index is 650. The molecule has 0 radical (unpaired) electrons. The highest BCUT2D eigenvalue weighted by Gasteiger charge is 2.21. The van der Waals surface area contributed by atoms with Gasteiger partial charge in [-0.2, -0.15) is 5.10 Å². The molecule has 0 N–H and O–H groups in total. The number of carbonyl (C=O) groups excluding carboxylic acids is 1. The van der Waals surface area contributed by atoms with E-state index >= 15 is 0 Å². The van der Waals surface area contributed by atoms with E-state index in [1.807, 2.05) is 29.2 Å². The number of carbonyl (C=O) groups is 1. The Labute approximate surface area is 135 Å². The SMILES string of the molecule is CC1CCCN(C(=O)c2ccc(Cn3cc(Cl)cn3)cc2)C1. The monoisotopic (exact) mass is 317 g/mol. The summed E-state index contributed by atoms with van der Waals surface area (Å²) in [5.74, 6) is 0.738. The first kappa shape index (κ1) is 15.1. The fraction of sp³-hybridized carbons (Fsp3) is 0.412. The Morgan fingerprint density at radius 2 is 2.14 bits per heavy atom. The maximum Gasteiger partial charge on any atom is 0.253 e. The first-order valence-electron chi connectivity index (χ1n) is 7.68. The molecule has 1 aromatic heterocycles.